The maximum atomic E-state index is 11.0. The highest BCUT2D eigenvalue weighted by atomic mass is 35.5. The number of rotatable bonds is 6. The highest BCUT2D eigenvalue weighted by Crippen LogP contribution is 2.27. The van der Waals surface area contributed by atoms with Crippen molar-refractivity contribution in [2.75, 3.05) is 0 Å². The van der Waals surface area contributed by atoms with Crippen LogP contribution in [0, 0.1) is 0 Å². The van der Waals surface area contributed by atoms with Gasteiger partial charge in [0.15, 0.2) is 0 Å². The molecule has 130 valence electrons. The smallest absolute Gasteiger partial charge is 0.252 e. The van der Waals surface area contributed by atoms with Crippen molar-refractivity contribution >= 4 is 33.7 Å². The molecule has 26 heavy (non-hydrogen) atoms. The van der Waals surface area contributed by atoms with Crippen LogP contribution in [0.15, 0.2) is 72.8 Å². The molecular formula is C20H12Cl2O4. The summed E-state index contributed by atoms with van der Waals surface area (Å²) in [6.07, 6.45) is 0. The lowest BCUT2D eigenvalue weighted by Gasteiger charge is -2.09. The van der Waals surface area contributed by atoms with Gasteiger partial charge in [0.05, 0.1) is 0 Å². The predicted molar refractivity (Wildman–Crippen MR) is 99.8 cm³/mol. The molecule has 3 aromatic carbocycles. The van der Waals surface area contributed by atoms with Gasteiger partial charge in [0.25, 0.3) is 10.5 Å². The molecule has 0 saturated heterocycles. The second kappa shape index (κ2) is 8.04. The molecular weight excluding hydrogens is 375 g/mol. The van der Waals surface area contributed by atoms with E-state index in [4.69, 9.17) is 32.7 Å². The molecule has 0 saturated carbocycles. The fourth-order valence-corrected chi connectivity index (χ4v) is 2.41. The summed E-state index contributed by atoms with van der Waals surface area (Å²) in [5, 5.41) is -1.03. The Morgan fingerprint density at radius 3 is 0.962 bits per heavy atom. The quantitative estimate of drug-likeness (QED) is 0.485. The van der Waals surface area contributed by atoms with Gasteiger partial charge in [0, 0.05) is 11.1 Å². The summed E-state index contributed by atoms with van der Waals surface area (Å²) in [6, 6.07) is 20.1. The van der Waals surface area contributed by atoms with Gasteiger partial charge in [-0.25, -0.2) is 0 Å². The fraction of sp³-hybridized carbons (Fsp3) is 0. The minimum absolute atomic E-state index is 0.407. The third kappa shape index (κ3) is 4.63. The largest absolute Gasteiger partial charge is 0.457 e. The zero-order valence-electron chi connectivity index (χ0n) is 13.3. The van der Waals surface area contributed by atoms with Gasteiger partial charge >= 0.3 is 0 Å². The summed E-state index contributed by atoms with van der Waals surface area (Å²) < 4.78 is 11.4. The van der Waals surface area contributed by atoms with Crippen molar-refractivity contribution in [2.45, 2.75) is 0 Å². The lowest BCUT2D eigenvalue weighted by molar-refractivity contribution is 0.107. The summed E-state index contributed by atoms with van der Waals surface area (Å²) in [7, 11) is 0. The first-order chi connectivity index (χ1) is 12.5. The number of carbonyl (C=O) groups excluding carboxylic acids is 2. The zero-order chi connectivity index (χ0) is 18.5. The summed E-state index contributed by atoms with van der Waals surface area (Å²) in [4.78, 5) is 22.1. The molecule has 0 aromatic heterocycles. The molecule has 0 aliphatic rings. The molecule has 0 radical (unpaired) electrons. The van der Waals surface area contributed by atoms with E-state index in [1.807, 2.05) is 0 Å². The van der Waals surface area contributed by atoms with E-state index in [1.165, 1.54) is 0 Å². The van der Waals surface area contributed by atoms with Crippen molar-refractivity contribution in [2.24, 2.45) is 0 Å². The van der Waals surface area contributed by atoms with E-state index in [2.05, 4.69) is 0 Å². The Kier molecular flexibility index (Phi) is 5.56. The monoisotopic (exact) mass is 386 g/mol. The summed E-state index contributed by atoms with van der Waals surface area (Å²) in [5.74, 6) is 2.40. The SMILES string of the molecule is O=C(Cl)c1ccc(Oc2ccc(Oc3ccc(C(=O)Cl)cc3)cc2)cc1. The van der Waals surface area contributed by atoms with Gasteiger partial charge < -0.3 is 9.47 Å². The van der Waals surface area contributed by atoms with Crippen molar-refractivity contribution in [3.63, 3.8) is 0 Å². The normalized spacial score (nSPS) is 10.2. The molecule has 0 unspecified atom stereocenters. The molecule has 0 N–H and O–H groups in total. The third-order valence-electron chi connectivity index (χ3n) is 3.46. The minimum Gasteiger partial charge on any atom is -0.457 e. The maximum Gasteiger partial charge on any atom is 0.252 e. The first-order valence-electron chi connectivity index (χ1n) is 7.57. The van der Waals surface area contributed by atoms with Crippen LogP contribution in [0.4, 0.5) is 0 Å². The standard InChI is InChI=1S/C20H12Cl2O4/c21-19(23)13-1-5-15(6-2-13)25-17-9-11-18(12-10-17)26-16-7-3-14(4-8-16)20(22)24/h1-12H. The van der Waals surface area contributed by atoms with Gasteiger partial charge in [-0.1, -0.05) is 0 Å². The summed E-state index contributed by atoms with van der Waals surface area (Å²) in [5.41, 5.74) is 0.814. The highest BCUT2D eigenvalue weighted by molar-refractivity contribution is 6.68. The number of hydrogen-bond acceptors (Lipinski definition) is 4. The number of benzene rings is 3. The van der Waals surface area contributed by atoms with Crippen LogP contribution in [-0.4, -0.2) is 10.5 Å². The van der Waals surface area contributed by atoms with Gasteiger partial charge in [0.1, 0.15) is 23.0 Å². The van der Waals surface area contributed by atoms with Gasteiger partial charge in [0.2, 0.25) is 0 Å². The van der Waals surface area contributed by atoms with E-state index >= 15 is 0 Å². The zero-order valence-corrected chi connectivity index (χ0v) is 14.8. The van der Waals surface area contributed by atoms with E-state index in [0.29, 0.717) is 34.1 Å². The van der Waals surface area contributed by atoms with E-state index in [-0.39, 0.29) is 0 Å². The molecule has 4 nitrogen and oxygen atoms in total. The van der Waals surface area contributed by atoms with E-state index in [9.17, 15) is 9.59 Å². The molecule has 0 bridgehead atoms. The molecule has 6 heteroatoms. The van der Waals surface area contributed by atoms with Crippen molar-refractivity contribution in [1.82, 2.24) is 0 Å². The third-order valence-corrected chi connectivity index (χ3v) is 3.89. The van der Waals surface area contributed by atoms with Crippen LogP contribution in [0.25, 0.3) is 0 Å². The number of hydrogen-bond donors (Lipinski definition) is 0. The topological polar surface area (TPSA) is 52.6 Å². The lowest BCUT2D eigenvalue weighted by Crippen LogP contribution is -1.90. The van der Waals surface area contributed by atoms with Crippen LogP contribution in [0.2, 0.25) is 0 Å². The van der Waals surface area contributed by atoms with Crippen LogP contribution < -0.4 is 9.47 Å². The second-order valence-electron chi connectivity index (χ2n) is 5.27. The van der Waals surface area contributed by atoms with Crippen LogP contribution in [-0.2, 0) is 0 Å². The molecule has 3 rings (SSSR count). The van der Waals surface area contributed by atoms with E-state index in [0.717, 1.165) is 0 Å². The molecule has 0 spiro atoms. The van der Waals surface area contributed by atoms with Crippen molar-refractivity contribution in [1.29, 1.82) is 0 Å². The lowest BCUT2D eigenvalue weighted by atomic mass is 10.2. The molecule has 0 aliphatic carbocycles. The van der Waals surface area contributed by atoms with Gasteiger partial charge in [-0.15, -0.1) is 0 Å². The molecule has 0 amide bonds. The summed E-state index contributed by atoms with van der Waals surface area (Å²) in [6.45, 7) is 0. The average molecular weight is 387 g/mol. The van der Waals surface area contributed by atoms with Crippen molar-refractivity contribution in [3.05, 3.63) is 83.9 Å². The van der Waals surface area contributed by atoms with Crippen LogP contribution in [0.3, 0.4) is 0 Å². The Hall–Kier alpha value is -2.82. The number of ether oxygens (including phenoxy) is 2. The second-order valence-corrected chi connectivity index (χ2v) is 5.96. The fourth-order valence-electron chi connectivity index (χ4n) is 2.16. The first kappa shape index (κ1) is 18.0. The van der Waals surface area contributed by atoms with Crippen LogP contribution >= 0.6 is 23.2 Å². The van der Waals surface area contributed by atoms with E-state index < -0.39 is 10.5 Å². The molecule has 0 heterocycles. The average Bonchev–Trinajstić information content (AvgIpc) is 2.64. The molecule has 0 atom stereocenters. The Morgan fingerprint density at radius 2 is 0.731 bits per heavy atom. The minimum atomic E-state index is -0.513. The first-order valence-corrected chi connectivity index (χ1v) is 8.32. The van der Waals surface area contributed by atoms with Crippen LogP contribution in [0.1, 0.15) is 20.7 Å². The predicted octanol–water partition coefficient (Wildman–Crippen LogP) is 6.03. The Morgan fingerprint density at radius 1 is 0.500 bits per heavy atom. The Labute approximate surface area is 159 Å². The van der Waals surface area contributed by atoms with Crippen molar-refractivity contribution in [3.8, 4) is 23.0 Å². The summed E-state index contributed by atoms with van der Waals surface area (Å²) >= 11 is 10.8. The van der Waals surface area contributed by atoms with E-state index in [1.54, 1.807) is 72.8 Å². The molecule has 0 fully saturated rings. The van der Waals surface area contributed by atoms with Gasteiger partial charge in [-0.05, 0) is 96.0 Å². The van der Waals surface area contributed by atoms with Gasteiger partial charge in [-0.3, -0.25) is 9.59 Å². The maximum absolute atomic E-state index is 11.0. The Balaban J connectivity index is 1.64. The van der Waals surface area contributed by atoms with Gasteiger partial charge in [-0.2, -0.15) is 0 Å². The van der Waals surface area contributed by atoms with Crippen molar-refractivity contribution < 1.29 is 19.1 Å². The highest BCUT2D eigenvalue weighted by Gasteiger charge is 2.05. The van der Waals surface area contributed by atoms with Crippen LogP contribution in [0.5, 0.6) is 23.0 Å². The molecule has 3 aromatic rings. The number of carbonyl (C=O) groups is 2. The number of halogens is 2. The Bertz CT molecular complexity index is 839. The molecule has 0 aliphatic heterocycles.